The maximum absolute atomic E-state index is 12.3. The predicted octanol–water partition coefficient (Wildman–Crippen LogP) is 1.88. The van der Waals surface area contributed by atoms with Gasteiger partial charge in [-0.2, -0.15) is 0 Å². The first-order valence-corrected chi connectivity index (χ1v) is 7.41. The van der Waals surface area contributed by atoms with Crippen molar-refractivity contribution >= 4 is 11.9 Å². The molecule has 0 spiro atoms. The summed E-state index contributed by atoms with van der Waals surface area (Å²) in [4.78, 5) is 29.5. The number of carbonyl (C=O) groups is 2. The fourth-order valence-corrected chi connectivity index (χ4v) is 2.10. The van der Waals surface area contributed by atoms with E-state index >= 15 is 0 Å². The van der Waals surface area contributed by atoms with E-state index in [9.17, 15) is 9.59 Å². The minimum Gasteiger partial charge on any atom is -0.469 e. The lowest BCUT2D eigenvalue weighted by Crippen LogP contribution is -2.37. The minimum atomic E-state index is -0.340. The number of nitrogens with zero attached hydrogens (tertiary/aromatic N) is 3. The van der Waals surface area contributed by atoms with Crippen molar-refractivity contribution in [1.29, 1.82) is 0 Å². The summed E-state index contributed by atoms with van der Waals surface area (Å²) in [5.41, 5.74) is 0.940. The number of hydrogen-bond donors (Lipinski definition) is 0. The number of aryl methyl sites for hydroxylation is 1. The Bertz CT molecular complexity index is 505. The van der Waals surface area contributed by atoms with Crippen molar-refractivity contribution in [3.63, 3.8) is 0 Å². The van der Waals surface area contributed by atoms with E-state index in [1.807, 2.05) is 24.6 Å². The lowest BCUT2D eigenvalue weighted by atomic mass is 10.1. The van der Waals surface area contributed by atoms with Gasteiger partial charge in [0.05, 0.1) is 19.4 Å². The Balaban J connectivity index is 2.62. The van der Waals surface area contributed by atoms with Gasteiger partial charge in [0.25, 0.3) is 0 Å². The zero-order chi connectivity index (χ0) is 16.5. The molecule has 0 N–H and O–H groups in total. The van der Waals surface area contributed by atoms with Gasteiger partial charge in [-0.05, 0) is 20.3 Å². The number of amides is 1. The highest BCUT2D eigenvalue weighted by Gasteiger charge is 2.20. The van der Waals surface area contributed by atoms with Crippen molar-refractivity contribution in [1.82, 2.24) is 14.5 Å². The second-order valence-electron chi connectivity index (χ2n) is 5.58. The molecule has 0 fully saturated rings. The maximum atomic E-state index is 12.3. The molecule has 0 aliphatic rings. The summed E-state index contributed by atoms with van der Waals surface area (Å²) in [6, 6.07) is 0. The predicted molar refractivity (Wildman–Crippen MR) is 84.0 cm³/mol. The first-order valence-electron chi connectivity index (χ1n) is 7.41. The molecule has 0 aromatic carbocycles. The molecule has 1 atom stereocenters. The minimum absolute atomic E-state index is 0.0682. The van der Waals surface area contributed by atoms with Crippen LogP contribution in [0.4, 0.5) is 0 Å². The molecule has 6 heteroatoms. The second-order valence-corrected chi connectivity index (χ2v) is 5.58. The molecule has 1 aromatic rings. The van der Waals surface area contributed by atoms with Crippen LogP contribution in [0.5, 0.6) is 0 Å². The maximum Gasteiger partial charge on any atom is 0.310 e. The van der Waals surface area contributed by atoms with Crippen molar-refractivity contribution in [2.24, 2.45) is 5.92 Å². The van der Waals surface area contributed by atoms with Gasteiger partial charge in [0, 0.05) is 38.1 Å². The van der Waals surface area contributed by atoms with Crippen LogP contribution in [0, 0.1) is 5.92 Å². The zero-order valence-corrected chi connectivity index (χ0v) is 13.8. The monoisotopic (exact) mass is 307 g/mol. The number of hydrogen-bond acceptors (Lipinski definition) is 4. The molecule has 1 unspecified atom stereocenters. The summed E-state index contributed by atoms with van der Waals surface area (Å²) in [5.74, 6) is -0.709. The Labute approximate surface area is 131 Å². The lowest BCUT2D eigenvalue weighted by molar-refractivity contribution is -0.146. The first-order chi connectivity index (χ1) is 10.4. The van der Waals surface area contributed by atoms with E-state index in [1.165, 1.54) is 7.11 Å². The molecule has 122 valence electrons. The average molecular weight is 307 g/mol. The summed E-state index contributed by atoms with van der Waals surface area (Å²) < 4.78 is 6.70. The molecule has 0 radical (unpaired) electrons. The van der Waals surface area contributed by atoms with Gasteiger partial charge < -0.3 is 14.2 Å². The molecule has 1 amide bonds. The van der Waals surface area contributed by atoms with E-state index in [-0.39, 0.29) is 17.8 Å². The highest BCUT2D eigenvalue weighted by molar-refractivity contribution is 5.88. The molecular formula is C16H25N3O3. The third kappa shape index (κ3) is 6.11. The standard InChI is InChI=1S/C16H25N3O3/c1-13(2)10-15(20)19(11-14(3)16(21)22-4)8-5-7-18-9-6-17-12-18/h6,9-10,12,14H,5,7-8,11H2,1-4H3. The van der Waals surface area contributed by atoms with E-state index in [4.69, 9.17) is 4.74 Å². The zero-order valence-electron chi connectivity index (χ0n) is 13.8. The van der Waals surface area contributed by atoms with Gasteiger partial charge in [-0.15, -0.1) is 0 Å². The molecule has 1 rings (SSSR count). The van der Waals surface area contributed by atoms with Crippen molar-refractivity contribution in [3.8, 4) is 0 Å². The number of carbonyl (C=O) groups excluding carboxylic acids is 2. The topological polar surface area (TPSA) is 64.4 Å². The average Bonchev–Trinajstić information content (AvgIpc) is 2.97. The van der Waals surface area contributed by atoms with Crippen LogP contribution in [0.2, 0.25) is 0 Å². The normalized spacial score (nSPS) is 11.6. The first kappa shape index (κ1) is 17.9. The van der Waals surface area contributed by atoms with E-state index in [0.717, 1.165) is 18.5 Å². The van der Waals surface area contributed by atoms with Crippen molar-refractivity contribution < 1.29 is 14.3 Å². The van der Waals surface area contributed by atoms with Gasteiger partial charge in [-0.3, -0.25) is 9.59 Å². The number of allylic oxidation sites excluding steroid dienone is 1. The second kappa shape index (κ2) is 9.02. The Hall–Kier alpha value is -2.11. The van der Waals surface area contributed by atoms with Gasteiger partial charge >= 0.3 is 5.97 Å². The van der Waals surface area contributed by atoms with E-state index in [2.05, 4.69) is 4.98 Å². The number of ether oxygens (including phenoxy) is 1. The Kier molecular flexibility index (Phi) is 7.36. The van der Waals surface area contributed by atoms with Crippen molar-refractivity contribution in [3.05, 3.63) is 30.4 Å². The van der Waals surface area contributed by atoms with Crippen LogP contribution in [-0.4, -0.2) is 46.5 Å². The number of imidazole rings is 1. The third-order valence-corrected chi connectivity index (χ3v) is 3.23. The summed E-state index contributed by atoms with van der Waals surface area (Å²) in [6.45, 7) is 7.26. The van der Waals surface area contributed by atoms with Gasteiger partial charge in [0.15, 0.2) is 0 Å². The smallest absolute Gasteiger partial charge is 0.310 e. The summed E-state index contributed by atoms with van der Waals surface area (Å²) in [7, 11) is 1.36. The van der Waals surface area contributed by atoms with Gasteiger partial charge in [-0.25, -0.2) is 4.98 Å². The molecule has 0 aliphatic carbocycles. The third-order valence-electron chi connectivity index (χ3n) is 3.23. The summed E-state index contributed by atoms with van der Waals surface area (Å²) in [6.07, 6.45) is 7.76. The molecule has 22 heavy (non-hydrogen) atoms. The Morgan fingerprint density at radius 1 is 1.41 bits per heavy atom. The van der Waals surface area contributed by atoms with E-state index in [0.29, 0.717) is 13.1 Å². The molecule has 0 bridgehead atoms. The lowest BCUT2D eigenvalue weighted by Gasteiger charge is -2.24. The van der Waals surface area contributed by atoms with Crippen LogP contribution in [0.3, 0.4) is 0 Å². The Morgan fingerprint density at radius 2 is 2.14 bits per heavy atom. The fraction of sp³-hybridized carbons (Fsp3) is 0.562. The molecule has 6 nitrogen and oxygen atoms in total. The van der Waals surface area contributed by atoms with Crippen molar-refractivity contribution in [2.75, 3.05) is 20.2 Å². The van der Waals surface area contributed by atoms with Gasteiger partial charge in [-0.1, -0.05) is 12.5 Å². The fourth-order valence-electron chi connectivity index (χ4n) is 2.10. The highest BCUT2D eigenvalue weighted by atomic mass is 16.5. The molecule has 0 saturated heterocycles. The molecule has 1 heterocycles. The summed E-state index contributed by atoms with van der Waals surface area (Å²) >= 11 is 0. The molecule has 0 aliphatic heterocycles. The van der Waals surface area contributed by atoms with E-state index < -0.39 is 0 Å². The highest BCUT2D eigenvalue weighted by Crippen LogP contribution is 2.06. The number of esters is 1. The largest absolute Gasteiger partial charge is 0.469 e. The quantitative estimate of drug-likeness (QED) is 0.543. The SMILES string of the molecule is COC(=O)C(C)CN(CCCn1ccnc1)C(=O)C=C(C)C. The van der Waals surface area contributed by atoms with E-state index in [1.54, 1.807) is 30.4 Å². The van der Waals surface area contributed by atoms with Crippen LogP contribution in [0.15, 0.2) is 30.4 Å². The van der Waals surface area contributed by atoms with Crippen LogP contribution in [-0.2, 0) is 20.9 Å². The van der Waals surface area contributed by atoms with Gasteiger partial charge in [0.1, 0.15) is 0 Å². The number of aromatic nitrogens is 2. The van der Waals surface area contributed by atoms with Crippen molar-refractivity contribution in [2.45, 2.75) is 33.7 Å². The van der Waals surface area contributed by atoms with Crippen LogP contribution in [0.1, 0.15) is 27.2 Å². The Morgan fingerprint density at radius 3 is 2.68 bits per heavy atom. The van der Waals surface area contributed by atoms with Crippen LogP contribution >= 0.6 is 0 Å². The summed E-state index contributed by atoms with van der Waals surface area (Å²) in [5, 5.41) is 0. The molecular weight excluding hydrogens is 282 g/mol. The molecule has 1 aromatic heterocycles. The van der Waals surface area contributed by atoms with Gasteiger partial charge in [0.2, 0.25) is 5.91 Å². The number of rotatable bonds is 8. The molecule has 0 saturated carbocycles. The van der Waals surface area contributed by atoms with Crippen LogP contribution in [0.25, 0.3) is 0 Å². The number of methoxy groups -OCH3 is 1. The van der Waals surface area contributed by atoms with Crippen LogP contribution < -0.4 is 0 Å².